The predicted octanol–water partition coefficient (Wildman–Crippen LogP) is 4.78. The molecular weight excluding hydrogens is 312 g/mol. The molecule has 0 bridgehead atoms. The van der Waals surface area contributed by atoms with Crippen LogP contribution in [0.15, 0.2) is 47.2 Å². The highest BCUT2D eigenvalue weighted by atomic mass is 35.5. The first-order valence-electron chi connectivity index (χ1n) is 5.79. The average molecular weight is 321 g/mol. The van der Waals surface area contributed by atoms with Crippen molar-refractivity contribution in [2.24, 2.45) is 0 Å². The van der Waals surface area contributed by atoms with Crippen molar-refractivity contribution in [2.75, 3.05) is 5.32 Å². The highest BCUT2D eigenvalue weighted by Gasteiger charge is 2.13. The fourth-order valence-electron chi connectivity index (χ4n) is 1.64. The maximum Gasteiger partial charge on any atom is 0.275 e. The lowest BCUT2D eigenvalue weighted by Gasteiger charge is -2.04. The summed E-state index contributed by atoms with van der Waals surface area (Å²) in [5, 5.41) is 7.86. The summed E-state index contributed by atoms with van der Waals surface area (Å²) in [6, 6.07) is 11.1. The van der Waals surface area contributed by atoms with Crippen LogP contribution in [0.1, 0.15) is 10.5 Å². The van der Waals surface area contributed by atoms with Gasteiger partial charge >= 0.3 is 0 Å². The number of anilines is 1. The molecule has 2 heterocycles. The van der Waals surface area contributed by atoms with Crippen molar-refractivity contribution in [3.05, 3.63) is 57.9 Å². The quantitative estimate of drug-likeness (QED) is 0.754. The number of nitrogens with one attached hydrogen (secondary N) is 1. The Morgan fingerprint density at radius 1 is 1.15 bits per heavy atom. The number of aromatic nitrogens is 1. The van der Waals surface area contributed by atoms with E-state index in [4.69, 9.17) is 11.6 Å². The maximum absolute atomic E-state index is 12.1. The molecule has 0 atom stereocenters. The second-order valence-corrected chi connectivity index (χ2v) is 6.16. The number of hydrogen-bond donors (Lipinski definition) is 1. The number of rotatable bonds is 3. The van der Waals surface area contributed by atoms with E-state index in [1.54, 1.807) is 28.8 Å². The smallest absolute Gasteiger partial charge is 0.275 e. The number of nitrogens with zero attached hydrogens (tertiary/aromatic N) is 1. The minimum absolute atomic E-state index is 0.253. The van der Waals surface area contributed by atoms with Gasteiger partial charge in [-0.1, -0.05) is 29.8 Å². The Labute approximate surface area is 128 Å². The van der Waals surface area contributed by atoms with E-state index in [1.807, 2.05) is 29.6 Å². The molecule has 1 aromatic carbocycles. The van der Waals surface area contributed by atoms with E-state index >= 15 is 0 Å². The van der Waals surface area contributed by atoms with Gasteiger partial charge in [-0.3, -0.25) is 4.79 Å². The maximum atomic E-state index is 12.1. The minimum atomic E-state index is -0.253. The van der Waals surface area contributed by atoms with Crippen molar-refractivity contribution in [2.45, 2.75) is 0 Å². The Hall–Kier alpha value is -1.69. The number of amides is 1. The van der Waals surface area contributed by atoms with E-state index in [0.29, 0.717) is 16.4 Å². The Bertz CT molecular complexity index is 737. The van der Waals surface area contributed by atoms with Crippen molar-refractivity contribution in [3.8, 4) is 9.88 Å². The molecule has 0 spiro atoms. The highest BCUT2D eigenvalue weighted by molar-refractivity contribution is 7.20. The Balaban J connectivity index is 1.80. The normalized spacial score (nSPS) is 10.4. The van der Waals surface area contributed by atoms with Gasteiger partial charge in [0.25, 0.3) is 5.91 Å². The van der Waals surface area contributed by atoms with E-state index in [1.165, 1.54) is 11.3 Å². The number of carbonyl (C=O) groups is 1. The first-order valence-corrected chi connectivity index (χ1v) is 7.93. The zero-order chi connectivity index (χ0) is 13.9. The molecule has 0 fully saturated rings. The third kappa shape index (κ3) is 2.75. The summed E-state index contributed by atoms with van der Waals surface area (Å²) in [6.07, 6.45) is 0. The molecule has 1 amide bonds. The van der Waals surface area contributed by atoms with E-state index in [2.05, 4.69) is 10.3 Å². The number of carbonyl (C=O) groups excluding carboxylic acids is 1. The molecule has 0 unspecified atom stereocenters. The second-order valence-electron chi connectivity index (χ2n) is 3.95. The third-order valence-electron chi connectivity index (χ3n) is 2.59. The molecule has 0 aliphatic heterocycles. The lowest BCUT2D eigenvalue weighted by Crippen LogP contribution is -2.12. The fraction of sp³-hybridized carbons (Fsp3) is 0. The molecule has 100 valence electrons. The van der Waals surface area contributed by atoms with Crippen LogP contribution in [-0.2, 0) is 0 Å². The molecule has 0 aliphatic rings. The van der Waals surface area contributed by atoms with Gasteiger partial charge in [-0.25, -0.2) is 4.98 Å². The first-order chi connectivity index (χ1) is 9.74. The predicted molar refractivity (Wildman–Crippen MR) is 84.8 cm³/mol. The summed E-state index contributed by atoms with van der Waals surface area (Å²) in [5.41, 5.74) is 0.989. The van der Waals surface area contributed by atoms with Crippen LogP contribution < -0.4 is 5.32 Å². The molecule has 3 aromatic rings. The van der Waals surface area contributed by atoms with E-state index in [-0.39, 0.29) is 5.91 Å². The van der Waals surface area contributed by atoms with Gasteiger partial charge < -0.3 is 5.32 Å². The number of hydrogen-bond acceptors (Lipinski definition) is 4. The fourth-order valence-corrected chi connectivity index (χ4v) is 3.44. The highest BCUT2D eigenvalue weighted by Crippen LogP contribution is 2.28. The van der Waals surface area contributed by atoms with Gasteiger partial charge in [0, 0.05) is 5.38 Å². The zero-order valence-electron chi connectivity index (χ0n) is 10.2. The Morgan fingerprint density at radius 3 is 2.75 bits per heavy atom. The van der Waals surface area contributed by atoms with Crippen LogP contribution in [0.2, 0.25) is 5.02 Å². The van der Waals surface area contributed by atoms with Crippen molar-refractivity contribution in [3.63, 3.8) is 0 Å². The monoisotopic (exact) mass is 320 g/mol. The van der Waals surface area contributed by atoms with Gasteiger partial charge in [-0.15, -0.1) is 22.7 Å². The number of para-hydroxylation sites is 1. The average Bonchev–Trinajstić information content (AvgIpc) is 3.11. The van der Waals surface area contributed by atoms with Crippen LogP contribution in [0.3, 0.4) is 0 Å². The molecule has 3 rings (SSSR count). The Kier molecular flexibility index (Phi) is 3.82. The van der Waals surface area contributed by atoms with E-state index in [0.717, 1.165) is 9.88 Å². The van der Waals surface area contributed by atoms with Gasteiger partial charge in [0.2, 0.25) is 0 Å². The molecule has 1 N–H and O–H groups in total. The number of benzene rings is 1. The summed E-state index contributed by atoms with van der Waals surface area (Å²) >= 11 is 9.07. The second kappa shape index (κ2) is 5.75. The molecule has 0 saturated carbocycles. The summed E-state index contributed by atoms with van der Waals surface area (Å²) in [5.74, 6) is -0.253. The molecule has 6 heteroatoms. The van der Waals surface area contributed by atoms with Crippen molar-refractivity contribution in [1.82, 2.24) is 4.98 Å². The van der Waals surface area contributed by atoms with Crippen LogP contribution in [0.4, 0.5) is 5.69 Å². The van der Waals surface area contributed by atoms with Crippen molar-refractivity contribution < 1.29 is 4.79 Å². The summed E-state index contributed by atoms with van der Waals surface area (Å²) in [7, 11) is 0. The lowest BCUT2D eigenvalue weighted by molar-refractivity contribution is 0.102. The topological polar surface area (TPSA) is 42.0 Å². The van der Waals surface area contributed by atoms with Crippen LogP contribution in [0, 0.1) is 0 Å². The van der Waals surface area contributed by atoms with Crippen molar-refractivity contribution >= 4 is 45.9 Å². The van der Waals surface area contributed by atoms with Gasteiger partial charge in [-0.05, 0) is 23.6 Å². The zero-order valence-corrected chi connectivity index (χ0v) is 12.6. The number of thiazole rings is 1. The molecule has 0 saturated heterocycles. The van der Waals surface area contributed by atoms with Crippen LogP contribution in [0.5, 0.6) is 0 Å². The van der Waals surface area contributed by atoms with E-state index in [9.17, 15) is 4.79 Å². The van der Waals surface area contributed by atoms with Crippen LogP contribution >= 0.6 is 34.3 Å². The number of thiophene rings is 1. The number of halogens is 1. The van der Waals surface area contributed by atoms with Crippen molar-refractivity contribution in [1.29, 1.82) is 0 Å². The molecule has 0 radical (unpaired) electrons. The molecule has 0 aliphatic carbocycles. The summed E-state index contributed by atoms with van der Waals surface area (Å²) < 4.78 is 0. The van der Waals surface area contributed by atoms with Gasteiger partial charge in [0.05, 0.1) is 15.6 Å². The molecule has 2 aromatic heterocycles. The SMILES string of the molecule is O=C(Nc1ccccc1Cl)c1csc(-c2cccs2)n1. The lowest BCUT2D eigenvalue weighted by atomic mass is 10.3. The van der Waals surface area contributed by atoms with Crippen LogP contribution in [0.25, 0.3) is 9.88 Å². The van der Waals surface area contributed by atoms with Gasteiger partial charge in [0.15, 0.2) is 0 Å². The van der Waals surface area contributed by atoms with Crippen LogP contribution in [-0.4, -0.2) is 10.9 Å². The minimum Gasteiger partial charge on any atom is -0.319 e. The van der Waals surface area contributed by atoms with E-state index < -0.39 is 0 Å². The molecule has 3 nitrogen and oxygen atoms in total. The van der Waals surface area contributed by atoms with Gasteiger partial charge in [-0.2, -0.15) is 0 Å². The molecular formula is C14H9ClN2OS2. The first kappa shape index (κ1) is 13.3. The largest absolute Gasteiger partial charge is 0.319 e. The van der Waals surface area contributed by atoms with Gasteiger partial charge in [0.1, 0.15) is 10.7 Å². The Morgan fingerprint density at radius 2 is 2.00 bits per heavy atom. The standard InChI is InChI=1S/C14H9ClN2OS2/c15-9-4-1-2-5-10(9)16-13(18)11-8-20-14(17-11)12-6-3-7-19-12/h1-8H,(H,16,18). The summed E-state index contributed by atoms with van der Waals surface area (Å²) in [4.78, 5) is 17.5. The summed E-state index contributed by atoms with van der Waals surface area (Å²) in [6.45, 7) is 0. The third-order valence-corrected chi connectivity index (χ3v) is 4.80. The molecule has 20 heavy (non-hydrogen) atoms.